The van der Waals surface area contributed by atoms with Crippen LogP contribution in [0.3, 0.4) is 0 Å². The summed E-state index contributed by atoms with van der Waals surface area (Å²) in [5, 5.41) is 1.04. The molecule has 1 saturated heterocycles. The SMILES string of the molecule is O=C(CCC(=O)n1ccc2ccccc21)N1CCN(c2ccccc2)CC1. The number of carbonyl (C=O) groups excluding carboxylic acids is 2. The predicted octanol–water partition coefficient (Wildman–Crippen LogP) is 3.41. The fourth-order valence-corrected chi connectivity index (χ4v) is 3.65. The lowest BCUT2D eigenvalue weighted by Crippen LogP contribution is -2.48. The van der Waals surface area contributed by atoms with Gasteiger partial charge >= 0.3 is 0 Å². The first kappa shape index (κ1) is 17.3. The van der Waals surface area contributed by atoms with Gasteiger partial charge in [-0.15, -0.1) is 0 Å². The molecule has 1 aromatic heterocycles. The summed E-state index contributed by atoms with van der Waals surface area (Å²) in [6.07, 6.45) is 2.28. The van der Waals surface area contributed by atoms with Crippen molar-refractivity contribution in [3.8, 4) is 0 Å². The van der Waals surface area contributed by atoms with Gasteiger partial charge < -0.3 is 9.80 Å². The van der Waals surface area contributed by atoms with Gasteiger partial charge in [0.25, 0.3) is 0 Å². The quantitative estimate of drug-likeness (QED) is 0.715. The zero-order chi connectivity index (χ0) is 18.6. The fraction of sp³-hybridized carbons (Fsp3) is 0.273. The maximum absolute atomic E-state index is 12.5. The number of carbonyl (C=O) groups is 2. The Balaban J connectivity index is 1.30. The summed E-state index contributed by atoms with van der Waals surface area (Å²) in [6.45, 7) is 3.06. The molecule has 1 fully saturated rings. The Morgan fingerprint density at radius 1 is 0.741 bits per heavy atom. The number of benzene rings is 2. The monoisotopic (exact) mass is 361 g/mol. The maximum atomic E-state index is 12.5. The number of anilines is 1. The van der Waals surface area contributed by atoms with Crippen LogP contribution in [0.25, 0.3) is 10.9 Å². The molecular weight excluding hydrogens is 338 g/mol. The highest BCUT2D eigenvalue weighted by atomic mass is 16.2. The van der Waals surface area contributed by atoms with Crippen LogP contribution in [0.4, 0.5) is 5.69 Å². The molecule has 3 aromatic rings. The van der Waals surface area contributed by atoms with Gasteiger partial charge in [-0.1, -0.05) is 36.4 Å². The van der Waals surface area contributed by atoms with Gasteiger partial charge in [-0.05, 0) is 24.3 Å². The van der Waals surface area contributed by atoms with Crippen LogP contribution < -0.4 is 4.90 Å². The second kappa shape index (κ2) is 7.66. The third-order valence-corrected chi connectivity index (χ3v) is 5.17. The Labute approximate surface area is 158 Å². The molecule has 0 aliphatic carbocycles. The second-order valence-electron chi connectivity index (χ2n) is 6.84. The van der Waals surface area contributed by atoms with Gasteiger partial charge in [-0.3, -0.25) is 14.2 Å². The third kappa shape index (κ3) is 3.72. The van der Waals surface area contributed by atoms with Gasteiger partial charge in [-0.2, -0.15) is 0 Å². The average molecular weight is 361 g/mol. The summed E-state index contributed by atoms with van der Waals surface area (Å²) in [7, 11) is 0. The summed E-state index contributed by atoms with van der Waals surface area (Å²) >= 11 is 0. The molecule has 2 aromatic carbocycles. The van der Waals surface area contributed by atoms with Crippen LogP contribution in [-0.4, -0.2) is 47.5 Å². The van der Waals surface area contributed by atoms with E-state index in [1.807, 2.05) is 53.4 Å². The van der Waals surface area contributed by atoms with Crippen LogP contribution in [0.2, 0.25) is 0 Å². The lowest BCUT2D eigenvalue weighted by Gasteiger charge is -2.36. The van der Waals surface area contributed by atoms with Crippen molar-refractivity contribution in [2.45, 2.75) is 12.8 Å². The van der Waals surface area contributed by atoms with Crippen molar-refractivity contribution >= 4 is 28.4 Å². The standard InChI is InChI=1S/C22H23N3O2/c26-21(24-16-14-23(15-17-24)19-7-2-1-3-8-19)10-11-22(27)25-13-12-18-6-4-5-9-20(18)25/h1-9,12-13H,10-11,14-17H2. The van der Waals surface area contributed by atoms with Gasteiger partial charge in [0.2, 0.25) is 11.8 Å². The zero-order valence-corrected chi connectivity index (χ0v) is 15.3. The van der Waals surface area contributed by atoms with Crippen LogP contribution in [0, 0.1) is 0 Å². The topological polar surface area (TPSA) is 45.6 Å². The van der Waals surface area contributed by atoms with Gasteiger partial charge in [0.15, 0.2) is 0 Å². The first-order valence-electron chi connectivity index (χ1n) is 9.39. The molecule has 5 nitrogen and oxygen atoms in total. The fourth-order valence-electron chi connectivity index (χ4n) is 3.65. The first-order chi connectivity index (χ1) is 13.2. The lowest BCUT2D eigenvalue weighted by molar-refractivity contribution is -0.131. The highest BCUT2D eigenvalue weighted by Gasteiger charge is 2.22. The van der Waals surface area contributed by atoms with E-state index in [-0.39, 0.29) is 24.7 Å². The largest absolute Gasteiger partial charge is 0.368 e. The number of hydrogen-bond acceptors (Lipinski definition) is 3. The number of para-hydroxylation sites is 2. The van der Waals surface area contributed by atoms with Crippen LogP contribution in [0.1, 0.15) is 17.6 Å². The molecule has 0 bridgehead atoms. The molecule has 1 aliphatic heterocycles. The Morgan fingerprint density at radius 3 is 2.19 bits per heavy atom. The van der Waals surface area contributed by atoms with E-state index in [1.54, 1.807) is 10.8 Å². The van der Waals surface area contributed by atoms with E-state index in [0.717, 1.165) is 24.0 Å². The third-order valence-electron chi connectivity index (χ3n) is 5.17. The minimum atomic E-state index is -0.0347. The Morgan fingerprint density at radius 2 is 1.41 bits per heavy atom. The molecule has 2 heterocycles. The van der Waals surface area contributed by atoms with Crippen molar-refractivity contribution in [3.63, 3.8) is 0 Å². The molecular formula is C22H23N3O2. The number of aromatic nitrogens is 1. The van der Waals surface area contributed by atoms with Crippen molar-refractivity contribution in [2.75, 3.05) is 31.1 Å². The second-order valence-corrected chi connectivity index (χ2v) is 6.84. The summed E-state index contributed by atoms with van der Waals surface area (Å²) in [6, 6.07) is 20.0. The number of piperazine rings is 1. The summed E-state index contributed by atoms with van der Waals surface area (Å²) < 4.78 is 1.65. The Kier molecular flexibility index (Phi) is 4.92. The molecule has 0 unspecified atom stereocenters. The predicted molar refractivity (Wildman–Crippen MR) is 107 cm³/mol. The van der Waals surface area contributed by atoms with Gasteiger partial charge in [-0.25, -0.2) is 0 Å². The van der Waals surface area contributed by atoms with Crippen LogP contribution in [0.15, 0.2) is 66.9 Å². The molecule has 0 spiro atoms. The lowest BCUT2D eigenvalue weighted by atomic mass is 10.2. The average Bonchev–Trinajstić information content (AvgIpc) is 3.17. The van der Waals surface area contributed by atoms with Gasteiger partial charge in [0.05, 0.1) is 5.52 Å². The van der Waals surface area contributed by atoms with Crippen molar-refractivity contribution in [2.24, 2.45) is 0 Å². The normalized spacial score (nSPS) is 14.5. The van der Waals surface area contributed by atoms with Crippen LogP contribution in [-0.2, 0) is 4.79 Å². The first-order valence-corrected chi connectivity index (χ1v) is 9.39. The van der Waals surface area contributed by atoms with E-state index in [2.05, 4.69) is 17.0 Å². The molecule has 0 atom stereocenters. The van der Waals surface area contributed by atoms with Crippen molar-refractivity contribution < 1.29 is 9.59 Å². The molecule has 0 N–H and O–H groups in total. The van der Waals surface area contributed by atoms with E-state index in [1.165, 1.54) is 5.69 Å². The molecule has 1 amide bonds. The highest BCUT2D eigenvalue weighted by Crippen LogP contribution is 2.18. The molecule has 0 saturated carbocycles. The van der Waals surface area contributed by atoms with Crippen LogP contribution in [0.5, 0.6) is 0 Å². The summed E-state index contributed by atoms with van der Waals surface area (Å²) in [4.78, 5) is 29.2. The number of hydrogen-bond donors (Lipinski definition) is 0. The number of rotatable bonds is 4. The number of nitrogens with zero attached hydrogens (tertiary/aromatic N) is 3. The maximum Gasteiger partial charge on any atom is 0.231 e. The van der Waals surface area contributed by atoms with E-state index >= 15 is 0 Å². The van der Waals surface area contributed by atoms with Crippen molar-refractivity contribution in [3.05, 3.63) is 66.9 Å². The van der Waals surface area contributed by atoms with E-state index in [0.29, 0.717) is 13.1 Å². The summed E-state index contributed by atoms with van der Waals surface area (Å²) in [5.41, 5.74) is 2.09. The zero-order valence-electron chi connectivity index (χ0n) is 15.3. The number of amides is 1. The molecule has 27 heavy (non-hydrogen) atoms. The van der Waals surface area contributed by atoms with E-state index in [9.17, 15) is 9.59 Å². The highest BCUT2D eigenvalue weighted by molar-refractivity contribution is 5.94. The van der Waals surface area contributed by atoms with E-state index in [4.69, 9.17) is 0 Å². The molecule has 138 valence electrons. The minimum absolute atomic E-state index is 0.0347. The molecule has 0 radical (unpaired) electrons. The van der Waals surface area contributed by atoms with Crippen LogP contribution >= 0.6 is 0 Å². The minimum Gasteiger partial charge on any atom is -0.368 e. The molecule has 4 rings (SSSR count). The Hall–Kier alpha value is -3.08. The Bertz CT molecular complexity index is 940. The number of fused-ring (bicyclic) bond motifs is 1. The smallest absolute Gasteiger partial charge is 0.231 e. The van der Waals surface area contributed by atoms with Crippen molar-refractivity contribution in [1.82, 2.24) is 9.47 Å². The van der Waals surface area contributed by atoms with Gasteiger partial charge in [0, 0.05) is 56.3 Å². The molecule has 5 heteroatoms. The van der Waals surface area contributed by atoms with E-state index < -0.39 is 0 Å². The summed E-state index contributed by atoms with van der Waals surface area (Å²) in [5.74, 6) is 0.0278. The van der Waals surface area contributed by atoms with Crippen molar-refractivity contribution in [1.29, 1.82) is 0 Å². The van der Waals surface area contributed by atoms with Gasteiger partial charge in [0.1, 0.15) is 0 Å². The molecule has 1 aliphatic rings.